The van der Waals surface area contributed by atoms with Gasteiger partial charge >= 0.3 is 0 Å². The molecule has 1 atom stereocenters. The lowest BCUT2D eigenvalue weighted by Gasteiger charge is -2.21. The van der Waals surface area contributed by atoms with Gasteiger partial charge in [-0.15, -0.1) is 0 Å². The molecule has 0 aliphatic heterocycles. The first kappa shape index (κ1) is 17.8. The molecule has 0 radical (unpaired) electrons. The summed E-state index contributed by atoms with van der Waals surface area (Å²) in [5.41, 5.74) is 3.05. The highest BCUT2D eigenvalue weighted by Crippen LogP contribution is 2.27. The first-order valence-electron chi connectivity index (χ1n) is 7.53. The minimum atomic E-state index is 0.180. The third kappa shape index (κ3) is 4.70. The van der Waals surface area contributed by atoms with Crippen LogP contribution in [0.3, 0.4) is 0 Å². The van der Waals surface area contributed by atoms with Crippen LogP contribution < -0.4 is 15.5 Å². The summed E-state index contributed by atoms with van der Waals surface area (Å²) in [6.07, 6.45) is 1.69. The van der Waals surface area contributed by atoms with Crippen LogP contribution in [0.2, 0.25) is 5.02 Å². The van der Waals surface area contributed by atoms with Gasteiger partial charge in [-0.05, 0) is 55.4 Å². The van der Waals surface area contributed by atoms with E-state index in [1.807, 2.05) is 32.0 Å². The average molecular weight is 353 g/mol. The number of anilines is 1. The minimum absolute atomic E-state index is 0.180. The number of halogens is 1. The van der Waals surface area contributed by atoms with Crippen molar-refractivity contribution in [1.82, 2.24) is 5.32 Å². The summed E-state index contributed by atoms with van der Waals surface area (Å²) < 4.78 is 5.51. The zero-order chi connectivity index (χ0) is 17.0. The first-order chi connectivity index (χ1) is 10.9. The van der Waals surface area contributed by atoms with Crippen LogP contribution in [0.15, 0.2) is 34.9 Å². The first-order valence-corrected chi connectivity index (χ1v) is 8.32. The van der Waals surface area contributed by atoms with Crippen LogP contribution >= 0.6 is 23.8 Å². The van der Waals surface area contributed by atoms with E-state index in [9.17, 15) is 0 Å². The zero-order valence-corrected chi connectivity index (χ0v) is 15.4. The summed E-state index contributed by atoms with van der Waals surface area (Å²) in [6.45, 7) is 4.71. The molecule has 0 bridgehead atoms. The number of likely N-dealkylation sites (N-methyl/N-ethyl adjacent to an activating group) is 1. The van der Waals surface area contributed by atoms with Crippen molar-refractivity contribution in [2.24, 2.45) is 0 Å². The Morgan fingerprint density at radius 2 is 2.09 bits per heavy atom. The Hall–Kier alpha value is -1.56. The number of hydrogen-bond acceptors (Lipinski definition) is 2. The van der Waals surface area contributed by atoms with E-state index in [-0.39, 0.29) is 6.04 Å². The van der Waals surface area contributed by atoms with Gasteiger partial charge in [0.2, 0.25) is 0 Å². The fourth-order valence-corrected chi connectivity index (χ4v) is 3.06. The van der Waals surface area contributed by atoms with Crippen molar-refractivity contribution in [3.8, 4) is 0 Å². The molecule has 2 rings (SSSR count). The smallest absolute Gasteiger partial charge is 0.171 e. The van der Waals surface area contributed by atoms with Crippen LogP contribution in [0.4, 0.5) is 5.69 Å². The fraction of sp³-hybridized carbons (Fsp3) is 0.353. The summed E-state index contributed by atoms with van der Waals surface area (Å²) in [6, 6.07) is 8.06. The van der Waals surface area contributed by atoms with E-state index in [4.69, 9.17) is 28.2 Å². The van der Waals surface area contributed by atoms with Crippen molar-refractivity contribution in [2.45, 2.75) is 19.9 Å². The molecule has 0 aliphatic rings. The molecule has 124 valence electrons. The van der Waals surface area contributed by atoms with Crippen LogP contribution in [-0.2, 0) is 0 Å². The molecule has 6 heteroatoms. The highest BCUT2D eigenvalue weighted by molar-refractivity contribution is 7.80. The van der Waals surface area contributed by atoms with Crippen LogP contribution in [0, 0.1) is 13.8 Å². The Morgan fingerprint density at radius 1 is 1.35 bits per heavy atom. The normalized spacial score (nSPS) is 12.3. The molecule has 1 aromatic carbocycles. The third-order valence-corrected chi connectivity index (χ3v) is 4.27. The van der Waals surface area contributed by atoms with Gasteiger partial charge in [-0.25, -0.2) is 0 Å². The molecule has 1 heterocycles. The number of thiocarbonyl (C=S) groups is 1. The molecule has 0 amide bonds. The predicted octanol–water partition coefficient (Wildman–Crippen LogP) is 2.72. The maximum Gasteiger partial charge on any atom is 0.171 e. The Balaban J connectivity index is 2.00. The van der Waals surface area contributed by atoms with Crippen molar-refractivity contribution in [2.75, 3.05) is 26.0 Å². The van der Waals surface area contributed by atoms with E-state index in [0.717, 1.165) is 22.6 Å². The number of quaternary nitrogens is 1. The van der Waals surface area contributed by atoms with E-state index in [0.29, 0.717) is 16.7 Å². The predicted molar refractivity (Wildman–Crippen MR) is 99.4 cm³/mol. The maximum atomic E-state index is 6.30. The molecule has 23 heavy (non-hydrogen) atoms. The van der Waals surface area contributed by atoms with Crippen molar-refractivity contribution in [1.29, 1.82) is 0 Å². The summed E-state index contributed by atoms with van der Waals surface area (Å²) in [7, 11) is 4.18. The zero-order valence-electron chi connectivity index (χ0n) is 13.9. The summed E-state index contributed by atoms with van der Waals surface area (Å²) in [4.78, 5) is 1.26. The molecular weight excluding hydrogens is 330 g/mol. The van der Waals surface area contributed by atoms with Crippen LogP contribution in [0.1, 0.15) is 22.9 Å². The third-order valence-electron chi connectivity index (χ3n) is 3.72. The quantitative estimate of drug-likeness (QED) is 0.724. The monoisotopic (exact) mass is 352 g/mol. The Bertz CT molecular complexity index is 647. The van der Waals surface area contributed by atoms with E-state index in [2.05, 4.69) is 30.8 Å². The second-order valence-corrected chi connectivity index (χ2v) is 6.73. The average Bonchev–Trinajstić information content (AvgIpc) is 2.96. The molecule has 0 aliphatic carbocycles. The van der Waals surface area contributed by atoms with Gasteiger partial charge in [-0.1, -0.05) is 17.7 Å². The number of nitrogens with one attached hydrogen (secondary N) is 3. The van der Waals surface area contributed by atoms with E-state index in [1.54, 1.807) is 6.26 Å². The van der Waals surface area contributed by atoms with Gasteiger partial charge in [0.15, 0.2) is 16.9 Å². The highest BCUT2D eigenvalue weighted by atomic mass is 35.5. The van der Waals surface area contributed by atoms with Gasteiger partial charge in [0, 0.05) is 0 Å². The molecule has 0 spiro atoms. The van der Waals surface area contributed by atoms with Gasteiger partial charge in [0.05, 0.1) is 37.6 Å². The standard InChI is InChI=1S/C17H22ClN3OS/c1-11-8-12(2)16(13(18)9-11)20-17(23)19-10-14(21(3)4)15-6-5-7-22-15/h5-9,14H,10H2,1-4H3,(H2,19,20,23)/p+1/t14-/m1/s1. The lowest BCUT2D eigenvalue weighted by Crippen LogP contribution is -3.07. The maximum absolute atomic E-state index is 6.30. The minimum Gasteiger partial charge on any atom is -0.463 e. The Kier molecular flexibility index (Phi) is 6.04. The topological polar surface area (TPSA) is 41.6 Å². The summed E-state index contributed by atoms with van der Waals surface area (Å²) in [5.74, 6) is 0.935. The van der Waals surface area contributed by atoms with E-state index in [1.165, 1.54) is 4.90 Å². The molecule has 0 unspecified atom stereocenters. The van der Waals surface area contributed by atoms with E-state index < -0.39 is 0 Å². The molecular formula is C17H23ClN3OS+. The lowest BCUT2D eigenvalue weighted by atomic mass is 10.1. The summed E-state index contributed by atoms with van der Waals surface area (Å²) in [5, 5.41) is 7.67. The van der Waals surface area contributed by atoms with Gasteiger partial charge < -0.3 is 20.0 Å². The molecule has 0 fully saturated rings. The van der Waals surface area contributed by atoms with Crippen LogP contribution in [0.5, 0.6) is 0 Å². The van der Waals surface area contributed by atoms with Crippen molar-refractivity contribution in [3.05, 3.63) is 52.4 Å². The molecule has 0 saturated carbocycles. The van der Waals surface area contributed by atoms with Gasteiger partial charge in [-0.3, -0.25) is 0 Å². The summed E-state index contributed by atoms with van der Waals surface area (Å²) >= 11 is 11.7. The number of aryl methyl sites for hydroxylation is 2. The highest BCUT2D eigenvalue weighted by Gasteiger charge is 2.20. The van der Waals surface area contributed by atoms with E-state index >= 15 is 0 Å². The second-order valence-electron chi connectivity index (χ2n) is 5.92. The second kappa shape index (κ2) is 7.81. The Labute approximate surface area is 147 Å². The van der Waals surface area contributed by atoms with Crippen molar-refractivity contribution in [3.63, 3.8) is 0 Å². The van der Waals surface area contributed by atoms with Crippen LogP contribution in [0.25, 0.3) is 0 Å². The Morgan fingerprint density at radius 3 is 2.65 bits per heavy atom. The largest absolute Gasteiger partial charge is 0.463 e. The number of hydrogen-bond donors (Lipinski definition) is 3. The van der Waals surface area contributed by atoms with Crippen LogP contribution in [-0.4, -0.2) is 25.8 Å². The van der Waals surface area contributed by atoms with Crippen molar-refractivity contribution >= 4 is 34.6 Å². The van der Waals surface area contributed by atoms with Crippen molar-refractivity contribution < 1.29 is 9.32 Å². The molecule has 0 saturated heterocycles. The van der Waals surface area contributed by atoms with Gasteiger partial charge in [0.1, 0.15) is 0 Å². The lowest BCUT2D eigenvalue weighted by molar-refractivity contribution is -0.891. The molecule has 4 nitrogen and oxygen atoms in total. The van der Waals surface area contributed by atoms with Gasteiger partial charge in [0.25, 0.3) is 0 Å². The van der Waals surface area contributed by atoms with Gasteiger partial charge in [-0.2, -0.15) is 0 Å². The fourth-order valence-electron chi connectivity index (χ4n) is 2.51. The number of benzene rings is 1. The molecule has 2 aromatic rings. The molecule has 3 N–H and O–H groups in total. The number of furan rings is 1. The number of rotatable bonds is 5. The molecule has 1 aromatic heterocycles. The SMILES string of the molecule is Cc1cc(C)c(NC(=S)NC[C@H](c2ccco2)[NH+](C)C)c(Cl)c1.